The van der Waals surface area contributed by atoms with Crippen molar-refractivity contribution in [2.24, 2.45) is 0 Å². The summed E-state index contributed by atoms with van der Waals surface area (Å²) in [5, 5.41) is 11.2. The predicted octanol–water partition coefficient (Wildman–Crippen LogP) is 1.19. The van der Waals surface area contributed by atoms with Gasteiger partial charge in [0.15, 0.2) is 5.82 Å². The van der Waals surface area contributed by atoms with Crippen molar-refractivity contribution >= 4 is 5.91 Å². The van der Waals surface area contributed by atoms with Gasteiger partial charge in [-0.15, -0.1) is 5.10 Å². The lowest BCUT2D eigenvalue weighted by Gasteiger charge is -2.09. The fourth-order valence-electron chi connectivity index (χ4n) is 2.54. The van der Waals surface area contributed by atoms with Crippen molar-refractivity contribution in [3.63, 3.8) is 0 Å². The number of ether oxygens (including phenoxy) is 1. The van der Waals surface area contributed by atoms with Crippen LogP contribution in [0.25, 0.3) is 5.82 Å². The van der Waals surface area contributed by atoms with Gasteiger partial charge < -0.3 is 10.1 Å². The van der Waals surface area contributed by atoms with E-state index in [-0.39, 0.29) is 24.4 Å². The number of nitrogens with zero attached hydrogens (tertiary/aromatic N) is 4. The first-order chi connectivity index (χ1) is 13.2. The second-order valence-electron chi connectivity index (χ2n) is 5.81. The highest BCUT2D eigenvalue weighted by molar-refractivity contribution is 5.78. The molecule has 2 aromatic heterocycles. The van der Waals surface area contributed by atoms with Gasteiger partial charge in [-0.2, -0.15) is 5.10 Å². The first-order valence-corrected chi connectivity index (χ1v) is 8.72. The molecule has 1 N–H and O–H groups in total. The lowest BCUT2D eigenvalue weighted by Crippen LogP contribution is -2.33. The van der Waals surface area contributed by atoms with Crippen LogP contribution in [0.15, 0.2) is 59.7 Å². The average molecular weight is 367 g/mol. The molecule has 0 saturated heterocycles. The standard InChI is InChI=1S/C19H21N5O3/c1-2-27-16-6-4-15(5-7-16)14-18(25)20-11-13-24-19(26)9-8-17(22-24)23-12-3-10-21-23/h3-10,12H,2,11,13-14H2,1H3,(H,20,25). The van der Waals surface area contributed by atoms with Gasteiger partial charge >= 0.3 is 0 Å². The lowest BCUT2D eigenvalue weighted by molar-refractivity contribution is -0.120. The number of amides is 1. The number of hydrogen-bond donors (Lipinski definition) is 1. The van der Waals surface area contributed by atoms with Crippen LogP contribution in [0.3, 0.4) is 0 Å². The summed E-state index contributed by atoms with van der Waals surface area (Å²) in [5.74, 6) is 1.21. The van der Waals surface area contributed by atoms with Gasteiger partial charge in [-0.25, -0.2) is 9.36 Å². The summed E-state index contributed by atoms with van der Waals surface area (Å²) in [6.45, 7) is 3.12. The Morgan fingerprint density at radius 1 is 1.19 bits per heavy atom. The minimum Gasteiger partial charge on any atom is -0.494 e. The Kier molecular flexibility index (Phi) is 5.98. The molecular weight excluding hydrogens is 346 g/mol. The van der Waals surface area contributed by atoms with Crippen molar-refractivity contribution < 1.29 is 9.53 Å². The van der Waals surface area contributed by atoms with E-state index in [1.54, 1.807) is 29.2 Å². The molecule has 140 valence electrons. The van der Waals surface area contributed by atoms with E-state index in [4.69, 9.17) is 4.74 Å². The highest BCUT2D eigenvalue weighted by Gasteiger charge is 2.06. The molecule has 8 nitrogen and oxygen atoms in total. The third-order valence-electron chi connectivity index (χ3n) is 3.84. The van der Waals surface area contributed by atoms with Gasteiger partial charge in [0, 0.05) is 25.0 Å². The van der Waals surface area contributed by atoms with Crippen LogP contribution in [0.5, 0.6) is 5.75 Å². The fourth-order valence-corrected chi connectivity index (χ4v) is 2.54. The normalized spacial score (nSPS) is 10.6. The van der Waals surface area contributed by atoms with Crippen molar-refractivity contribution in [2.45, 2.75) is 19.9 Å². The largest absolute Gasteiger partial charge is 0.494 e. The zero-order valence-corrected chi connectivity index (χ0v) is 15.0. The van der Waals surface area contributed by atoms with E-state index < -0.39 is 0 Å². The fraction of sp³-hybridized carbons (Fsp3) is 0.263. The molecule has 0 unspecified atom stereocenters. The van der Waals surface area contributed by atoms with Crippen molar-refractivity contribution in [3.05, 3.63) is 70.8 Å². The molecule has 1 aromatic carbocycles. The van der Waals surface area contributed by atoms with Crippen molar-refractivity contribution in [2.75, 3.05) is 13.2 Å². The Bertz CT molecular complexity index is 933. The summed E-state index contributed by atoms with van der Waals surface area (Å²) in [7, 11) is 0. The number of hydrogen-bond acceptors (Lipinski definition) is 5. The molecule has 27 heavy (non-hydrogen) atoms. The second kappa shape index (κ2) is 8.79. The SMILES string of the molecule is CCOc1ccc(CC(=O)NCCn2nc(-n3cccn3)ccc2=O)cc1. The van der Waals surface area contributed by atoms with Crippen LogP contribution in [0.4, 0.5) is 0 Å². The molecule has 0 bridgehead atoms. The van der Waals surface area contributed by atoms with Crippen LogP contribution in [0.2, 0.25) is 0 Å². The lowest BCUT2D eigenvalue weighted by atomic mass is 10.1. The predicted molar refractivity (Wildman–Crippen MR) is 99.9 cm³/mol. The molecule has 3 aromatic rings. The Labute approximate surface area is 156 Å². The van der Waals surface area contributed by atoms with Gasteiger partial charge in [0.05, 0.1) is 19.6 Å². The van der Waals surface area contributed by atoms with Crippen LogP contribution < -0.4 is 15.6 Å². The summed E-state index contributed by atoms with van der Waals surface area (Å²) < 4.78 is 8.26. The maximum Gasteiger partial charge on any atom is 0.266 e. The van der Waals surface area contributed by atoms with Crippen molar-refractivity contribution in [1.29, 1.82) is 0 Å². The van der Waals surface area contributed by atoms with E-state index in [1.165, 1.54) is 10.7 Å². The Morgan fingerprint density at radius 3 is 2.70 bits per heavy atom. The summed E-state index contributed by atoms with van der Waals surface area (Å²) in [5.41, 5.74) is 0.665. The molecule has 0 radical (unpaired) electrons. The maximum atomic E-state index is 12.1. The van der Waals surface area contributed by atoms with Gasteiger partial charge in [0.2, 0.25) is 5.91 Å². The van der Waals surface area contributed by atoms with Crippen LogP contribution in [-0.2, 0) is 17.8 Å². The Hall–Kier alpha value is -3.42. The number of rotatable bonds is 8. The van der Waals surface area contributed by atoms with Gasteiger partial charge in [-0.05, 0) is 36.8 Å². The molecule has 0 aliphatic rings. The molecule has 0 fully saturated rings. The minimum absolute atomic E-state index is 0.115. The van der Waals surface area contributed by atoms with Gasteiger partial charge in [0.25, 0.3) is 5.56 Å². The van der Waals surface area contributed by atoms with Crippen LogP contribution >= 0.6 is 0 Å². The highest BCUT2D eigenvalue weighted by Crippen LogP contribution is 2.12. The number of carbonyl (C=O) groups is 1. The first-order valence-electron chi connectivity index (χ1n) is 8.72. The topological polar surface area (TPSA) is 91.0 Å². The Morgan fingerprint density at radius 2 is 2.00 bits per heavy atom. The van der Waals surface area contributed by atoms with Crippen molar-refractivity contribution in [1.82, 2.24) is 24.9 Å². The third-order valence-corrected chi connectivity index (χ3v) is 3.84. The van der Waals surface area contributed by atoms with Crippen LogP contribution in [-0.4, -0.2) is 38.6 Å². The zero-order chi connectivity index (χ0) is 19.1. The molecule has 2 heterocycles. The van der Waals surface area contributed by atoms with Crippen molar-refractivity contribution in [3.8, 4) is 11.6 Å². The third kappa shape index (κ3) is 5.04. The number of benzene rings is 1. The van der Waals surface area contributed by atoms with E-state index in [9.17, 15) is 9.59 Å². The monoisotopic (exact) mass is 367 g/mol. The van der Waals surface area contributed by atoms with E-state index in [0.717, 1.165) is 11.3 Å². The molecule has 0 spiro atoms. The summed E-state index contributed by atoms with van der Waals surface area (Å²) in [6, 6.07) is 12.2. The summed E-state index contributed by atoms with van der Waals surface area (Å²) >= 11 is 0. The molecule has 0 aliphatic heterocycles. The van der Waals surface area contributed by atoms with Gasteiger partial charge in [-0.1, -0.05) is 12.1 Å². The van der Waals surface area contributed by atoms with Gasteiger partial charge in [-0.3, -0.25) is 9.59 Å². The Balaban J connectivity index is 1.52. The number of nitrogens with one attached hydrogen (secondary N) is 1. The number of aromatic nitrogens is 4. The maximum absolute atomic E-state index is 12.1. The number of carbonyl (C=O) groups excluding carboxylic acids is 1. The van der Waals surface area contributed by atoms with E-state index in [2.05, 4.69) is 15.5 Å². The van der Waals surface area contributed by atoms with Crippen LogP contribution in [0, 0.1) is 0 Å². The average Bonchev–Trinajstić information content (AvgIpc) is 3.20. The first kappa shape index (κ1) is 18.4. The summed E-state index contributed by atoms with van der Waals surface area (Å²) in [6.07, 6.45) is 3.65. The van der Waals surface area contributed by atoms with Gasteiger partial charge in [0.1, 0.15) is 5.75 Å². The zero-order valence-electron chi connectivity index (χ0n) is 15.0. The molecular formula is C19H21N5O3. The quantitative estimate of drug-likeness (QED) is 0.646. The molecule has 0 atom stereocenters. The molecule has 0 aliphatic carbocycles. The molecule has 3 rings (SSSR count). The molecule has 8 heteroatoms. The van der Waals surface area contributed by atoms with E-state index in [0.29, 0.717) is 19.0 Å². The molecule has 0 saturated carbocycles. The van der Waals surface area contributed by atoms with Crippen LogP contribution in [0.1, 0.15) is 12.5 Å². The molecule has 1 amide bonds. The highest BCUT2D eigenvalue weighted by atomic mass is 16.5. The summed E-state index contributed by atoms with van der Waals surface area (Å²) in [4.78, 5) is 24.0. The van der Waals surface area contributed by atoms with E-state index in [1.807, 2.05) is 31.2 Å². The van der Waals surface area contributed by atoms with E-state index >= 15 is 0 Å². The second-order valence-corrected chi connectivity index (χ2v) is 5.81. The minimum atomic E-state index is -0.230. The smallest absolute Gasteiger partial charge is 0.266 e.